The van der Waals surface area contributed by atoms with E-state index < -0.39 is 0 Å². The summed E-state index contributed by atoms with van der Waals surface area (Å²) in [6.07, 6.45) is 0. The van der Waals surface area contributed by atoms with Crippen molar-refractivity contribution in [3.63, 3.8) is 0 Å². The molecule has 2 atom stereocenters. The molecule has 0 saturated carbocycles. The Kier molecular flexibility index (Phi) is 2.49. The van der Waals surface area contributed by atoms with E-state index in [9.17, 15) is 0 Å². The summed E-state index contributed by atoms with van der Waals surface area (Å²) >= 11 is 0. The molecule has 0 radical (unpaired) electrons. The predicted molar refractivity (Wildman–Crippen MR) is 78.4 cm³/mol. The lowest BCUT2D eigenvalue weighted by molar-refractivity contribution is 0.387. The van der Waals surface area contributed by atoms with Gasteiger partial charge in [0.1, 0.15) is 5.82 Å². The molecule has 98 valence electrons. The van der Waals surface area contributed by atoms with Gasteiger partial charge in [0.15, 0.2) is 0 Å². The first-order valence-electron chi connectivity index (χ1n) is 7.09. The summed E-state index contributed by atoms with van der Waals surface area (Å²) < 4.78 is 0. The van der Waals surface area contributed by atoms with Crippen LogP contribution >= 0.6 is 0 Å². The van der Waals surface area contributed by atoms with Crippen LogP contribution in [0.25, 0.3) is 10.9 Å². The predicted octanol–water partition coefficient (Wildman–Crippen LogP) is 2.23. The SMILES string of the molecule is CN1CC2CN(c3ccc4ccccc4n3)CC2C1. The molecular weight excluding hydrogens is 234 g/mol. The maximum Gasteiger partial charge on any atom is 0.129 e. The highest BCUT2D eigenvalue weighted by molar-refractivity contribution is 5.80. The number of hydrogen-bond acceptors (Lipinski definition) is 3. The Morgan fingerprint density at radius 2 is 1.68 bits per heavy atom. The van der Waals surface area contributed by atoms with Gasteiger partial charge in [0, 0.05) is 31.6 Å². The monoisotopic (exact) mass is 253 g/mol. The smallest absolute Gasteiger partial charge is 0.129 e. The summed E-state index contributed by atoms with van der Waals surface area (Å²) in [6, 6.07) is 12.7. The number of aromatic nitrogens is 1. The van der Waals surface area contributed by atoms with Gasteiger partial charge in [0.25, 0.3) is 0 Å². The number of nitrogens with zero attached hydrogens (tertiary/aromatic N) is 3. The van der Waals surface area contributed by atoms with E-state index in [1.807, 2.05) is 0 Å². The topological polar surface area (TPSA) is 19.4 Å². The van der Waals surface area contributed by atoms with Gasteiger partial charge >= 0.3 is 0 Å². The van der Waals surface area contributed by atoms with Crippen LogP contribution < -0.4 is 4.90 Å². The Morgan fingerprint density at radius 1 is 0.947 bits per heavy atom. The molecule has 3 heterocycles. The number of likely N-dealkylation sites (tertiary alicyclic amines) is 1. The molecule has 1 aromatic heterocycles. The molecule has 0 bridgehead atoms. The fourth-order valence-electron chi connectivity index (χ4n) is 3.65. The Bertz CT molecular complexity index is 596. The first kappa shape index (κ1) is 11.2. The maximum absolute atomic E-state index is 4.82. The van der Waals surface area contributed by atoms with E-state index in [0.717, 1.165) is 23.2 Å². The molecule has 0 aliphatic carbocycles. The lowest BCUT2D eigenvalue weighted by Gasteiger charge is -2.20. The third-order valence-corrected chi connectivity index (χ3v) is 4.58. The number of rotatable bonds is 1. The van der Waals surface area contributed by atoms with Crippen LogP contribution in [0.3, 0.4) is 0 Å². The van der Waals surface area contributed by atoms with Gasteiger partial charge in [-0.15, -0.1) is 0 Å². The Hall–Kier alpha value is -1.61. The number of para-hydroxylation sites is 1. The summed E-state index contributed by atoms with van der Waals surface area (Å²) in [5.74, 6) is 2.81. The normalized spacial score (nSPS) is 27.1. The summed E-state index contributed by atoms with van der Waals surface area (Å²) in [7, 11) is 2.23. The van der Waals surface area contributed by atoms with Crippen LogP contribution in [-0.4, -0.2) is 43.1 Å². The van der Waals surface area contributed by atoms with Crippen molar-refractivity contribution in [2.45, 2.75) is 0 Å². The summed E-state index contributed by atoms with van der Waals surface area (Å²) in [5, 5.41) is 1.23. The molecule has 2 unspecified atom stereocenters. The zero-order chi connectivity index (χ0) is 12.8. The van der Waals surface area contributed by atoms with Crippen LogP contribution in [0.1, 0.15) is 0 Å². The van der Waals surface area contributed by atoms with Crippen LogP contribution in [0, 0.1) is 11.8 Å². The van der Waals surface area contributed by atoms with Crippen molar-refractivity contribution in [2.24, 2.45) is 11.8 Å². The lowest BCUT2D eigenvalue weighted by atomic mass is 10.0. The minimum absolute atomic E-state index is 0.832. The first-order valence-corrected chi connectivity index (χ1v) is 7.09. The molecule has 3 heteroatoms. The van der Waals surface area contributed by atoms with Crippen molar-refractivity contribution in [1.29, 1.82) is 0 Å². The second kappa shape index (κ2) is 4.20. The number of pyridine rings is 1. The van der Waals surface area contributed by atoms with Crippen molar-refractivity contribution in [3.05, 3.63) is 36.4 Å². The van der Waals surface area contributed by atoms with Crippen LogP contribution in [0.2, 0.25) is 0 Å². The van der Waals surface area contributed by atoms with Gasteiger partial charge in [-0.1, -0.05) is 18.2 Å². The second-order valence-corrected chi connectivity index (χ2v) is 6.01. The fourth-order valence-corrected chi connectivity index (χ4v) is 3.65. The molecule has 2 aromatic rings. The zero-order valence-electron chi connectivity index (χ0n) is 11.3. The largest absolute Gasteiger partial charge is 0.356 e. The molecule has 2 fully saturated rings. The third kappa shape index (κ3) is 1.89. The Morgan fingerprint density at radius 3 is 2.47 bits per heavy atom. The van der Waals surface area contributed by atoms with Crippen molar-refractivity contribution in [3.8, 4) is 0 Å². The summed E-state index contributed by atoms with van der Waals surface area (Å²) in [6.45, 7) is 4.82. The summed E-state index contributed by atoms with van der Waals surface area (Å²) in [4.78, 5) is 9.74. The van der Waals surface area contributed by atoms with Crippen LogP contribution in [0.15, 0.2) is 36.4 Å². The van der Waals surface area contributed by atoms with Gasteiger partial charge in [-0.05, 0) is 37.1 Å². The minimum Gasteiger partial charge on any atom is -0.356 e. The van der Waals surface area contributed by atoms with E-state index in [1.54, 1.807) is 0 Å². The molecular formula is C16H19N3. The molecule has 0 amide bonds. The number of fused-ring (bicyclic) bond motifs is 2. The molecule has 2 saturated heterocycles. The fraction of sp³-hybridized carbons (Fsp3) is 0.438. The third-order valence-electron chi connectivity index (χ3n) is 4.58. The molecule has 0 spiro atoms. The van der Waals surface area contributed by atoms with Crippen LogP contribution in [0.4, 0.5) is 5.82 Å². The first-order chi connectivity index (χ1) is 9.29. The standard InChI is InChI=1S/C16H19N3/c1-18-8-13-10-19(11-14(13)9-18)16-7-6-12-4-2-3-5-15(12)17-16/h2-7,13-14H,8-11H2,1H3. The lowest BCUT2D eigenvalue weighted by Crippen LogP contribution is -2.27. The quantitative estimate of drug-likeness (QED) is 0.777. The van der Waals surface area contributed by atoms with E-state index in [-0.39, 0.29) is 0 Å². The van der Waals surface area contributed by atoms with Crippen molar-refractivity contribution in [2.75, 3.05) is 38.1 Å². The van der Waals surface area contributed by atoms with Crippen molar-refractivity contribution < 1.29 is 0 Å². The molecule has 0 N–H and O–H groups in total. The van der Waals surface area contributed by atoms with E-state index in [4.69, 9.17) is 4.98 Å². The second-order valence-electron chi connectivity index (χ2n) is 6.01. The van der Waals surface area contributed by atoms with E-state index in [0.29, 0.717) is 0 Å². The summed E-state index contributed by atoms with van der Waals surface area (Å²) in [5.41, 5.74) is 1.11. The molecule has 19 heavy (non-hydrogen) atoms. The van der Waals surface area contributed by atoms with E-state index in [2.05, 4.69) is 53.2 Å². The number of anilines is 1. The van der Waals surface area contributed by atoms with Gasteiger partial charge in [0.2, 0.25) is 0 Å². The number of hydrogen-bond donors (Lipinski definition) is 0. The van der Waals surface area contributed by atoms with Gasteiger partial charge in [-0.2, -0.15) is 0 Å². The molecule has 2 aliphatic rings. The number of benzene rings is 1. The Balaban J connectivity index is 1.62. The van der Waals surface area contributed by atoms with Gasteiger partial charge < -0.3 is 9.80 Å². The highest BCUT2D eigenvalue weighted by atomic mass is 15.3. The highest BCUT2D eigenvalue weighted by Crippen LogP contribution is 2.33. The van der Waals surface area contributed by atoms with Crippen LogP contribution in [-0.2, 0) is 0 Å². The highest BCUT2D eigenvalue weighted by Gasteiger charge is 2.38. The van der Waals surface area contributed by atoms with Crippen molar-refractivity contribution >= 4 is 16.7 Å². The van der Waals surface area contributed by atoms with E-state index in [1.165, 1.54) is 31.6 Å². The zero-order valence-corrected chi connectivity index (χ0v) is 11.3. The molecule has 4 rings (SSSR count). The molecule has 3 nitrogen and oxygen atoms in total. The minimum atomic E-state index is 0.832. The molecule has 2 aliphatic heterocycles. The maximum atomic E-state index is 4.82. The van der Waals surface area contributed by atoms with E-state index >= 15 is 0 Å². The average molecular weight is 253 g/mol. The van der Waals surface area contributed by atoms with Gasteiger partial charge in [-0.3, -0.25) is 0 Å². The average Bonchev–Trinajstić information content (AvgIpc) is 2.95. The van der Waals surface area contributed by atoms with Crippen LogP contribution in [0.5, 0.6) is 0 Å². The molecule has 1 aromatic carbocycles. The van der Waals surface area contributed by atoms with Gasteiger partial charge in [0.05, 0.1) is 5.52 Å². The van der Waals surface area contributed by atoms with Gasteiger partial charge in [-0.25, -0.2) is 4.98 Å². The Labute approximate surface area is 113 Å². The van der Waals surface area contributed by atoms with Crippen molar-refractivity contribution in [1.82, 2.24) is 9.88 Å².